The predicted molar refractivity (Wildman–Crippen MR) is 66.3 cm³/mol. The van der Waals surface area contributed by atoms with Gasteiger partial charge in [0.25, 0.3) is 0 Å². The summed E-state index contributed by atoms with van der Waals surface area (Å²) in [7, 11) is 0. The van der Waals surface area contributed by atoms with Crippen LogP contribution < -0.4 is 0 Å². The van der Waals surface area contributed by atoms with Crippen molar-refractivity contribution in [2.45, 2.75) is 25.4 Å². The summed E-state index contributed by atoms with van der Waals surface area (Å²) in [5.41, 5.74) is 0. The standard InChI is InChI=1S/C11H12BrClOS/c12-11-7(13)4-8(15-11)10(14)9-5-2-1-3-6(5)9/h4-6,9-10,14H,1-3H2. The molecule has 0 spiro atoms. The Bertz CT molecular complexity index is 362. The Hall–Kier alpha value is 0.430. The maximum absolute atomic E-state index is 10.2. The van der Waals surface area contributed by atoms with Crippen molar-refractivity contribution in [1.82, 2.24) is 0 Å². The molecule has 1 N–H and O–H groups in total. The van der Waals surface area contributed by atoms with Gasteiger partial charge in [0.1, 0.15) is 0 Å². The van der Waals surface area contributed by atoms with Gasteiger partial charge in [0.15, 0.2) is 0 Å². The van der Waals surface area contributed by atoms with E-state index in [4.69, 9.17) is 11.6 Å². The minimum atomic E-state index is -0.283. The zero-order chi connectivity index (χ0) is 10.6. The molecule has 0 aliphatic heterocycles. The Morgan fingerprint density at radius 2 is 2.13 bits per heavy atom. The first-order valence-electron chi connectivity index (χ1n) is 5.31. The normalized spacial score (nSPS) is 35.3. The number of rotatable bonds is 2. The highest BCUT2D eigenvalue weighted by molar-refractivity contribution is 9.11. The van der Waals surface area contributed by atoms with Crippen LogP contribution in [0.2, 0.25) is 5.02 Å². The van der Waals surface area contributed by atoms with E-state index in [-0.39, 0.29) is 6.10 Å². The molecule has 3 atom stereocenters. The molecule has 2 aliphatic carbocycles. The van der Waals surface area contributed by atoms with Crippen LogP contribution in [0.3, 0.4) is 0 Å². The van der Waals surface area contributed by atoms with Crippen molar-refractivity contribution in [3.63, 3.8) is 0 Å². The summed E-state index contributed by atoms with van der Waals surface area (Å²) in [6, 6.07) is 1.90. The highest BCUT2D eigenvalue weighted by Gasteiger charge is 2.56. The smallest absolute Gasteiger partial charge is 0.0916 e. The van der Waals surface area contributed by atoms with Gasteiger partial charge >= 0.3 is 0 Å². The zero-order valence-corrected chi connectivity index (χ0v) is 11.3. The SMILES string of the molecule is OC(c1cc(Cl)c(Br)s1)C1C2CCCC21. The van der Waals surface area contributed by atoms with Crippen LogP contribution in [-0.4, -0.2) is 5.11 Å². The molecule has 0 radical (unpaired) electrons. The van der Waals surface area contributed by atoms with E-state index in [1.54, 1.807) is 11.3 Å². The third-order valence-corrected chi connectivity index (χ3v) is 6.34. The largest absolute Gasteiger partial charge is 0.387 e. The molecule has 2 fully saturated rings. The minimum absolute atomic E-state index is 0.283. The van der Waals surface area contributed by atoms with E-state index in [9.17, 15) is 5.11 Å². The molecule has 4 heteroatoms. The van der Waals surface area contributed by atoms with Crippen LogP contribution in [0, 0.1) is 17.8 Å². The van der Waals surface area contributed by atoms with Gasteiger partial charge in [-0.25, -0.2) is 0 Å². The fourth-order valence-corrected chi connectivity index (χ4v) is 4.84. The quantitative estimate of drug-likeness (QED) is 0.866. The van der Waals surface area contributed by atoms with Gasteiger partial charge < -0.3 is 5.11 Å². The summed E-state index contributed by atoms with van der Waals surface area (Å²) >= 11 is 10.9. The summed E-state index contributed by atoms with van der Waals surface area (Å²) in [6.45, 7) is 0. The highest BCUT2D eigenvalue weighted by atomic mass is 79.9. The topological polar surface area (TPSA) is 20.2 Å². The van der Waals surface area contributed by atoms with Crippen molar-refractivity contribution in [1.29, 1.82) is 0 Å². The lowest BCUT2D eigenvalue weighted by Crippen LogP contribution is -2.02. The van der Waals surface area contributed by atoms with Crippen LogP contribution in [-0.2, 0) is 0 Å². The predicted octanol–water partition coefficient (Wildman–Crippen LogP) is 4.24. The maximum atomic E-state index is 10.2. The average molecular weight is 308 g/mol. The first-order chi connectivity index (χ1) is 7.18. The molecule has 82 valence electrons. The molecule has 0 aromatic carbocycles. The summed E-state index contributed by atoms with van der Waals surface area (Å²) in [4.78, 5) is 1.02. The van der Waals surface area contributed by atoms with Gasteiger partial charge in [0.05, 0.1) is 14.9 Å². The van der Waals surface area contributed by atoms with Crippen molar-refractivity contribution < 1.29 is 5.11 Å². The maximum Gasteiger partial charge on any atom is 0.0916 e. The second-order valence-electron chi connectivity index (χ2n) is 4.55. The lowest BCUT2D eigenvalue weighted by Gasteiger charge is -2.09. The van der Waals surface area contributed by atoms with Gasteiger partial charge in [-0.05, 0) is 52.6 Å². The molecular weight excluding hydrogens is 296 g/mol. The van der Waals surface area contributed by atoms with Crippen LogP contribution >= 0.6 is 38.9 Å². The molecule has 0 bridgehead atoms. The molecule has 2 saturated carbocycles. The van der Waals surface area contributed by atoms with Gasteiger partial charge in [0.2, 0.25) is 0 Å². The van der Waals surface area contributed by atoms with Crippen molar-refractivity contribution in [3.8, 4) is 0 Å². The number of hydrogen-bond donors (Lipinski definition) is 1. The molecule has 1 heterocycles. The summed E-state index contributed by atoms with van der Waals surface area (Å²) in [6.07, 6.45) is 3.70. The van der Waals surface area contributed by atoms with Crippen LogP contribution in [0.5, 0.6) is 0 Å². The molecule has 3 rings (SSSR count). The van der Waals surface area contributed by atoms with Gasteiger partial charge in [-0.3, -0.25) is 0 Å². The van der Waals surface area contributed by atoms with Crippen molar-refractivity contribution in [2.24, 2.45) is 17.8 Å². The molecule has 15 heavy (non-hydrogen) atoms. The Morgan fingerprint density at radius 3 is 2.67 bits per heavy atom. The minimum Gasteiger partial charge on any atom is -0.387 e. The van der Waals surface area contributed by atoms with E-state index in [0.29, 0.717) is 5.92 Å². The Balaban J connectivity index is 1.77. The Labute approximate surface area is 107 Å². The number of aliphatic hydroxyl groups is 1. The van der Waals surface area contributed by atoms with E-state index < -0.39 is 0 Å². The second kappa shape index (κ2) is 3.73. The fourth-order valence-electron chi connectivity index (χ4n) is 3.04. The molecular formula is C11H12BrClOS. The van der Waals surface area contributed by atoms with E-state index in [0.717, 1.165) is 25.5 Å². The monoisotopic (exact) mass is 306 g/mol. The van der Waals surface area contributed by atoms with Crippen LogP contribution in [0.15, 0.2) is 9.85 Å². The highest BCUT2D eigenvalue weighted by Crippen LogP contribution is 2.62. The first-order valence-corrected chi connectivity index (χ1v) is 7.30. The molecule has 1 nitrogen and oxygen atoms in total. The average Bonchev–Trinajstić information content (AvgIpc) is 2.59. The Kier molecular flexibility index (Phi) is 2.63. The van der Waals surface area contributed by atoms with Crippen molar-refractivity contribution >= 4 is 38.9 Å². The lowest BCUT2D eigenvalue weighted by molar-refractivity contribution is 0.141. The van der Waals surface area contributed by atoms with E-state index >= 15 is 0 Å². The molecule has 1 aromatic heterocycles. The Morgan fingerprint density at radius 1 is 1.47 bits per heavy atom. The number of thiophene rings is 1. The zero-order valence-electron chi connectivity index (χ0n) is 8.12. The fraction of sp³-hybridized carbons (Fsp3) is 0.636. The van der Waals surface area contributed by atoms with Gasteiger partial charge in [-0.2, -0.15) is 0 Å². The molecule has 2 aliphatic rings. The van der Waals surface area contributed by atoms with E-state index in [1.807, 2.05) is 6.07 Å². The number of halogens is 2. The first kappa shape index (κ1) is 10.6. The number of hydrogen-bond acceptors (Lipinski definition) is 2. The molecule has 1 aromatic rings. The van der Waals surface area contributed by atoms with Crippen molar-refractivity contribution in [3.05, 3.63) is 19.8 Å². The van der Waals surface area contributed by atoms with Crippen LogP contribution in [0.1, 0.15) is 30.2 Å². The van der Waals surface area contributed by atoms with Gasteiger partial charge in [-0.15, -0.1) is 11.3 Å². The molecule has 3 unspecified atom stereocenters. The third-order valence-electron chi connectivity index (χ3n) is 3.79. The summed E-state index contributed by atoms with van der Waals surface area (Å²) in [5.74, 6) is 2.10. The van der Waals surface area contributed by atoms with Crippen LogP contribution in [0.25, 0.3) is 0 Å². The van der Waals surface area contributed by atoms with Gasteiger partial charge in [0, 0.05) is 4.88 Å². The van der Waals surface area contributed by atoms with Crippen molar-refractivity contribution in [2.75, 3.05) is 0 Å². The summed E-state index contributed by atoms with van der Waals surface area (Å²) < 4.78 is 0.934. The summed E-state index contributed by atoms with van der Waals surface area (Å²) in [5, 5.41) is 11.0. The van der Waals surface area contributed by atoms with E-state index in [2.05, 4.69) is 15.9 Å². The van der Waals surface area contributed by atoms with Crippen LogP contribution in [0.4, 0.5) is 0 Å². The van der Waals surface area contributed by atoms with Gasteiger partial charge in [-0.1, -0.05) is 18.0 Å². The lowest BCUT2D eigenvalue weighted by atomic mass is 10.1. The van der Waals surface area contributed by atoms with E-state index in [1.165, 1.54) is 19.3 Å². The molecule has 0 amide bonds. The molecule has 0 saturated heterocycles. The number of aliphatic hydroxyl groups excluding tert-OH is 1. The third kappa shape index (κ3) is 1.68. The number of fused-ring (bicyclic) bond motifs is 1. The second-order valence-corrected chi connectivity index (χ2v) is 7.36.